The Morgan fingerprint density at radius 3 is 2.76 bits per heavy atom. The number of halogens is 1. The van der Waals surface area contributed by atoms with Gasteiger partial charge in [0.05, 0.1) is 11.4 Å². The third kappa shape index (κ3) is 3.01. The van der Waals surface area contributed by atoms with Crippen LogP contribution in [0, 0.1) is 0 Å². The summed E-state index contributed by atoms with van der Waals surface area (Å²) in [4.78, 5) is 4.14. The number of nitrogens with zero attached hydrogens (tertiary/aromatic N) is 2. The van der Waals surface area contributed by atoms with E-state index in [1.165, 1.54) is 0 Å². The first kappa shape index (κ1) is 13.9. The van der Waals surface area contributed by atoms with E-state index < -0.39 is 10.0 Å². The van der Waals surface area contributed by atoms with Gasteiger partial charge in [0, 0.05) is 23.6 Å². The predicted molar refractivity (Wildman–Crippen MR) is 82.9 cm³/mol. The zero-order valence-electron chi connectivity index (χ0n) is 10.9. The molecule has 1 aromatic carbocycles. The van der Waals surface area contributed by atoms with E-state index in [1.807, 2.05) is 0 Å². The highest BCUT2D eigenvalue weighted by atomic mass is 35.5. The number of hydrogen-bond acceptors (Lipinski definition) is 3. The minimum atomic E-state index is -3.57. The molecule has 5 nitrogen and oxygen atoms in total. The fourth-order valence-electron chi connectivity index (χ4n) is 2.05. The number of hydrogen-bond donors (Lipinski definition) is 1. The van der Waals surface area contributed by atoms with Crippen molar-refractivity contribution in [2.75, 3.05) is 4.72 Å². The number of fused-ring (bicyclic) bond motifs is 1. The van der Waals surface area contributed by atoms with Crippen molar-refractivity contribution in [3.8, 4) is 0 Å². The summed E-state index contributed by atoms with van der Waals surface area (Å²) in [6.45, 7) is 0. The molecule has 7 heteroatoms. The second-order valence-electron chi connectivity index (χ2n) is 4.53. The summed E-state index contributed by atoms with van der Waals surface area (Å²) in [5, 5.41) is 0.432. The zero-order chi connectivity index (χ0) is 14.9. The lowest BCUT2D eigenvalue weighted by Crippen LogP contribution is -2.16. The zero-order valence-corrected chi connectivity index (χ0v) is 12.5. The van der Waals surface area contributed by atoms with Crippen LogP contribution in [0.25, 0.3) is 5.65 Å². The third-order valence-corrected chi connectivity index (χ3v) is 4.58. The molecule has 0 amide bonds. The first-order valence-corrected chi connectivity index (χ1v) is 8.24. The normalized spacial score (nSPS) is 11.7. The van der Waals surface area contributed by atoms with Gasteiger partial charge in [-0.3, -0.25) is 4.72 Å². The molecule has 2 aromatic heterocycles. The van der Waals surface area contributed by atoms with E-state index in [1.54, 1.807) is 59.4 Å². The van der Waals surface area contributed by atoms with Crippen LogP contribution in [-0.2, 0) is 15.8 Å². The molecule has 3 rings (SSSR count). The highest BCUT2D eigenvalue weighted by Gasteiger charge is 2.15. The van der Waals surface area contributed by atoms with E-state index >= 15 is 0 Å². The summed E-state index contributed by atoms with van der Waals surface area (Å²) in [5.74, 6) is -0.186. The highest BCUT2D eigenvalue weighted by molar-refractivity contribution is 7.91. The van der Waals surface area contributed by atoms with Crippen molar-refractivity contribution >= 4 is 33.0 Å². The fourth-order valence-corrected chi connectivity index (χ4v) is 3.56. The number of pyridine rings is 1. The molecule has 0 saturated carbocycles. The van der Waals surface area contributed by atoms with Crippen molar-refractivity contribution < 1.29 is 8.42 Å². The van der Waals surface area contributed by atoms with Crippen LogP contribution in [0.3, 0.4) is 0 Å². The number of nitrogens with one attached hydrogen (secondary N) is 1. The van der Waals surface area contributed by atoms with E-state index in [-0.39, 0.29) is 5.75 Å². The molecule has 0 radical (unpaired) electrons. The van der Waals surface area contributed by atoms with Gasteiger partial charge in [-0.2, -0.15) is 0 Å². The Labute approximate surface area is 127 Å². The number of anilines is 1. The molecule has 0 aliphatic heterocycles. The molecule has 0 aliphatic rings. The maximum absolute atomic E-state index is 12.3. The van der Waals surface area contributed by atoms with Crippen molar-refractivity contribution in [3.05, 3.63) is 65.6 Å². The van der Waals surface area contributed by atoms with Gasteiger partial charge in [-0.05, 0) is 23.8 Å². The summed E-state index contributed by atoms with van der Waals surface area (Å²) in [5.41, 5.74) is 1.55. The standard InChI is InChI=1S/C14H12ClN3O2S/c15-12-5-2-1-4-11(12)10-21(19,20)17-13-6-3-8-18-9-7-16-14(13)18/h1-9,17H,10H2. The Morgan fingerprint density at radius 1 is 1.14 bits per heavy atom. The molecule has 2 heterocycles. The molecular formula is C14H12ClN3O2S. The minimum Gasteiger partial charge on any atom is -0.305 e. The largest absolute Gasteiger partial charge is 0.305 e. The van der Waals surface area contributed by atoms with Crippen LogP contribution >= 0.6 is 11.6 Å². The lowest BCUT2D eigenvalue weighted by Gasteiger charge is -2.10. The van der Waals surface area contributed by atoms with Crippen LogP contribution in [0.2, 0.25) is 5.02 Å². The van der Waals surface area contributed by atoms with E-state index in [0.29, 0.717) is 21.9 Å². The highest BCUT2D eigenvalue weighted by Crippen LogP contribution is 2.21. The van der Waals surface area contributed by atoms with Crippen LogP contribution in [0.15, 0.2) is 55.0 Å². The molecule has 21 heavy (non-hydrogen) atoms. The van der Waals surface area contributed by atoms with Gasteiger partial charge in [0.25, 0.3) is 0 Å². The average Bonchev–Trinajstić information content (AvgIpc) is 2.90. The van der Waals surface area contributed by atoms with Gasteiger partial charge in [-0.1, -0.05) is 29.8 Å². The van der Waals surface area contributed by atoms with Crippen molar-refractivity contribution in [3.63, 3.8) is 0 Å². The molecule has 0 bridgehead atoms. The monoisotopic (exact) mass is 321 g/mol. The molecule has 108 valence electrons. The van der Waals surface area contributed by atoms with Crippen molar-refractivity contribution in [2.24, 2.45) is 0 Å². The molecule has 3 aromatic rings. The number of benzene rings is 1. The quantitative estimate of drug-likeness (QED) is 0.803. The van der Waals surface area contributed by atoms with Gasteiger partial charge < -0.3 is 4.40 Å². The topological polar surface area (TPSA) is 63.5 Å². The van der Waals surface area contributed by atoms with Crippen molar-refractivity contribution in [1.29, 1.82) is 0 Å². The van der Waals surface area contributed by atoms with Crippen LogP contribution < -0.4 is 4.72 Å². The Morgan fingerprint density at radius 2 is 1.95 bits per heavy atom. The number of imidazole rings is 1. The van der Waals surface area contributed by atoms with Gasteiger partial charge in [0.2, 0.25) is 10.0 Å². The number of aromatic nitrogens is 2. The maximum Gasteiger partial charge on any atom is 0.237 e. The average molecular weight is 322 g/mol. The smallest absolute Gasteiger partial charge is 0.237 e. The van der Waals surface area contributed by atoms with E-state index in [0.717, 1.165) is 0 Å². The molecule has 0 saturated heterocycles. The Kier molecular flexibility index (Phi) is 3.57. The predicted octanol–water partition coefficient (Wildman–Crippen LogP) is 2.93. The summed E-state index contributed by atoms with van der Waals surface area (Å²) in [6, 6.07) is 10.3. The molecular weight excluding hydrogens is 310 g/mol. The summed E-state index contributed by atoms with van der Waals surface area (Å²) in [7, 11) is -3.57. The summed E-state index contributed by atoms with van der Waals surface area (Å²) < 4.78 is 28.9. The third-order valence-electron chi connectivity index (χ3n) is 2.99. The van der Waals surface area contributed by atoms with Gasteiger partial charge in [0.15, 0.2) is 5.65 Å². The molecule has 0 atom stereocenters. The van der Waals surface area contributed by atoms with E-state index in [9.17, 15) is 8.42 Å². The fraction of sp³-hybridized carbons (Fsp3) is 0.0714. The first-order valence-electron chi connectivity index (χ1n) is 6.21. The van der Waals surface area contributed by atoms with E-state index in [2.05, 4.69) is 9.71 Å². The Balaban J connectivity index is 1.90. The van der Waals surface area contributed by atoms with Crippen molar-refractivity contribution in [2.45, 2.75) is 5.75 Å². The van der Waals surface area contributed by atoms with Gasteiger partial charge >= 0.3 is 0 Å². The van der Waals surface area contributed by atoms with Crippen molar-refractivity contribution in [1.82, 2.24) is 9.38 Å². The van der Waals surface area contributed by atoms with Crippen LogP contribution in [0.4, 0.5) is 5.69 Å². The molecule has 1 N–H and O–H groups in total. The molecule has 0 unspecified atom stereocenters. The van der Waals surface area contributed by atoms with Crippen LogP contribution in [-0.4, -0.2) is 17.8 Å². The molecule has 0 spiro atoms. The van der Waals surface area contributed by atoms with Gasteiger partial charge in [-0.15, -0.1) is 0 Å². The minimum absolute atomic E-state index is 0.186. The molecule has 0 aliphatic carbocycles. The molecule has 0 fully saturated rings. The maximum atomic E-state index is 12.3. The van der Waals surface area contributed by atoms with Crippen LogP contribution in [0.1, 0.15) is 5.56 Å². The Hall–Kier alpha value is -2.05. The van der Waals surface area contributed by atoms with Gasteiger partial charge in [-0.25, -0.2) is 13.4 Å². The second kappa shape index (κ2) is 5.38. The lowest BCUT2D eigenvalue weighted by molar-refractivity contribution is 0.600. The van der Waals surface area contributed by atoms with E-state index in [4.69, 9.17) is 11.6 Å². The lowest BCUT2D eigenvalue weighted by atomic mass is 10.2. The van der Waals surface area contributed by atoms with Gasteiger partial charge in [0.1, 0.15) is 0 Å². The van der Waals surface area contributed by atoms with Crippen LogP contribution in [0.5, 0.6) is 0 Å². The number of sulfonamides is 1. The first-order chi connectivity index (χ1) is 10.1. The number of rotatable bonds is 4. The summed E-state index contributed by atoms with van der Waals surface area (Å²) >= 11 is 6.00. The second-order valence-corrected chi connectivity index (χ2v) is 6.66. The summed E-state index contributed by atoms with van der Waals surface area (Å²) in [6.07, 6.45) is 5.16. The SMILES string of the molecule is O=S(=O)(Cc1ccccc1Cl)Nc1cccn2ccnc12. The Bertz CT molecular complexity index is 890.